The number of rotatable bonds is 4. The maximum atomic E-state index is 11.7. The summed E-state index contributed by atoms with van der Waals surface area (Å²) < 4.78 is 17.0. The Balaban J connectivity index is 1.81. The van der Waals surface area contributed by atoms with Crippen molar-refractivity contribution in [1.82, 2.24) is 0 Å². The van der Waals surface area contributed by atoms with Crippen molar-refractivity contribution in [3.8, 4) is 0 Å². The molecule has 104 valence electrons. The topological polar surface area (TPSA) is 44.8 Å². The van der Waals surface area contributed by atoms with Gasteiger partial charge in [0.05, 0.1) is 24.7 Å². The summed E-state index contributed by atoms with van der Waals surface area (Å²) in [6, 6.07) is 0. The first-order valence-electron chi connectivity index (χ1n) is 6.74. The van der Waals surface area contributed by atoms with Crippen LogP contribution in [0.15, 0.2) is 0 Å². The van der Waals surface area contributed by atoms with Crippen LogP contribution < -0.4 is 0 Å². The van der Waals surface area contributed by atoms with Crippen molar-refractivity contribution in [3.05, 3.63) is 0 Å². The lowest BCUT2D eigenvalue weighted by Gasteiger charge is -2.27. The summed E-state index contributed by atoms with van der Waals surface area (Å²) in [6.07, 6.45) is 4.15. The lowest BCUT2D eigenvalue weighted by Crippen LogP contribution is -2.30. The van der Waals surface area contributed by atoms with Crippen LogP contribution in [0.25, 0.3) is 0 Å². The minimum Gasteiger partial charge on any atom is -0.466 e. The number of halogens is 1. The average molecular weight is 368 g/mol. The zero-order chi connectivity index (χ0) is 13.0. The first-order valence-corrected chi connectivity index (χ1v) is 7.99. The molecular weight excluding hydrogens is 347 g/mol. The van der Waals surface area contributed by atoms with Crippen molar-refractivity contribution in [1.29, 1.82) is 0 Å². The zero-order valence-corrected chi connectivity index (χ0v) is 12.9. The third-order valence-electron chi connectivity index (χ3n) is 3.59. The number of esters is 1. The number of hydrogen-bond acceptors (Lipinski definition) is 4. The summed E-state index contributed by atoms with van der Waals surface area (Å²) in [6.45, 7) is 3.91. The molecular formula is C13H21IO4. The predicted molar refractivity (Wildman–Crippen MR) is 75.9 cm³/mol. The van der Waals surface area contributed by atoms with Crippen LogP contribution in [0.3, 0.4) is 0 Å². The first kappa shape index (κ1) is 14.5. The minimum atomic E-state index is -0.0581. The van der Waals surface area contributed by atoms with E-state index in [0.717, 1.165) is 38.9 Å². The van der Waals surface area contributed by atoms with E-state index in [0.29, 0.717) is 16.6 Å². The van der Waals surface area contributed by atoms with Crippen molar-refractivity contribution in [2.24, 2.45) is 5.92 Å². The highest BCUT2D eigenvalue weighted by Crippen LogP contribution is 2.35. The zero-order valence-electron chi connectivity index (χ0n) is 10.8. The number of carbonyl (C=O) groups excluding carboxylic acids is 1. The quantitative estimate of drug-likeness (QED) is 0.434. The van der Waals surface area contributed by atoms with Gasteiger partial charge in [0.15, 0.2) is 0 Å². The molecule has 1 saturated heterocycles. The second-order valence-corrected chi connectivity index (χ2v) is 6.52. The molecule has 0 aromatic heterocycles. The molecule has 4 nitrogen and oxygen atoms in total. The molecule has 1 aliphatic heterocycles. The Morgan fingerprint density at radius 1 is 1.33 bits per heavy atom. The molecule has 0 amide bonds. The maximum Gasteiger partial charge on any atom is 0.309 e. The van der Waals surface area contributed by atoms with Gasteiger partial charge in [-0.2, -0.15) is 0 Å². The Bertz CT molecular complexity index is 278. The molecule has 5 heteroatoms. The van der Waals surface area contributed by atoms with Gasteiger partial charge >= 0.3 is 5.97 Å². The van der Waals surface area contributed by atoms with Gasteiger partial charge in [0.25, 0.3) is 0 Å². The number of ether oxygens (including phenoxy) is 3. The highest BCUT2D eigenvalue weighted by Gasteiger charge is 2.39. The van der Waals surface area contributed by atoms with Crippen LogP contribution in [0, 0.1) is 5.92 Å². The summed E-state index contributed by atoms with van der Waals surface area (Å²) in [5, 5.41) is 0. The summed E-state index contributed by atoms with van der Waals surface area (Å²) in [7, 11) is 0. The Kier molecular flexibility index (Phi) is 5.69. The molecule has 0 bridgehead atoms. The molecule has 0 aromatic carbocycles. The van der Waals surface area contributed by atoms with E-state index in [9.17, 15) is 4.79 Å². The van der Waals surface area contributed by atoms with Gasteiger partial charge in [-0.05, 0) is 32.6 Å². The number of hydrogen-bond donors (Lipinski definition) is 0. The van der Waals surface area contributed by atoms with Gasteiger partial charge in [-0.15, -0.1) is 0 Å². The van der Waals surface area contributed by atoms with E-state index in [4.69, 9.17) is 14.2 Å². The fraction of sp³-hybridized carbons (Fsp3) is 0.923. The van der Waals surface area contributed by atoms with Crippen LogP contribution in [-0.2, 0) is 19.0 Å². The lowest BCUT2D eigenvalue weighted by molar-refractivity contribution is -0.148. The normalized spacial score (nSPS) is 33.6. The van der Waals surface area contributed by atoms with Gasteiger partial charge in [-0.3, -0.25) is 4.79 Å². The van der Waals surface area contributed by atoms with E-state index in [1.165, 1.54) is 0 Å². The standard InChI is InChI=1S/C13H21IO4/c1-2-17-13(15)9-7-11(14)12(8-9)18-10-3-5-16-6-4-10/h9-12H,2-8H2,1H3. The summed E-state index contributed by atoms with van der Waals surface area (Å²) in [4.78, 5) is 11.7. The molecule has 3 atom stereocenters. The molecule has 0 radical (unpaired) electrons. The van der Waals surface area contributed by atoms with Gasteiger partial charge in [0.2, 0.25) is 0 Å². The lowest BCUT2D eigenvalue weighted by atomic mass is 10.1. The second-order valence-electron chi connectivity index (χ2n) is 4.92. The molecule has 2 rings (SSSR count). The van der Waals surface area contributed by atoms with E-state index >= 15 is 0 Å². The second kappa shape index (κ2) is 7.05. The van der Waals surface area contributed by atoms with Crippen LogP contribution in [0.5, 0.6) is 0 Å². The Morgan fingerprint density at radius 3 is 2.72 bits per heavy atom. The van der Waals surface area contributed by atoms with Crippen LogP contribution in [0.2, 0.25) is 0 Å². The molecule has 0 aromatic rings. The van der Waals surface area contributed by atoms with E-state index in [-0.39, 0.29) is 18.0 Å². The van der Waals surface area contributed by atoms with Crippen molar-refractivity contribution in [2.45, 2.75) is 48.7 Å². The highest BCUT2D eigenvalue weighted by molar-refractivity contribution is 14.1. The van der Waals surface area contributed by atoms with E-state index < -0.39 is 0 Å². The molecule has 1 saturated carbocycles. The van der Waals surface area contributed by atoms with Crippen molar-refractivity contribution in [2.75, 3.05) is 19.8 Å². The smallest absolute Gasteiger partial charge is 0.309 e. The monoisotopic (exact) mass is 368 g/mol. The van der Waals surface area contributed by atoms with Gasteiger partial charge < -0.3 is 14.2 Å². The Labute approximate surface area is 122 Å². The fourth-order valence-corrected chi connectivity index (χ4v) is 3.68. The van der Waals surface area contributed by atoms with E-state index in [1.54, 1.807) is 0 Å². The molecule has 1 heterocycles. The minimum absolute atomic E-state index is 0.0247. The van der Waals surface area contributed by atoms with Gasteiger partial charge in [0, 0.05) is 17.1 Å². The molecule has 0 spiro atoms. The van der Waals surface area contributed by atoms with Gasteiger partial charge in [-0.25, -0.2) is 0 Å². The van der Waals surface area contributed by atoms with Crippen LogP contribution in [0.1, 0.15) is 32.6 Å². The van der Waals surface area contributed by atoms with E-state index in [2.05, 4.69) is 22.6 Å². The first-order chi connectivity index (χ1) is 8.70. The summed E-state index contributed by atoms with van der Waals surface area (Å²) in [5.41, 5.74) is 0. The summed E-state index contributed by atoms with van der Waals surface area (Å²) in [5.74, 6) is -0.0334. The van der Waals surface area contributed by atoms with E-state index in [1.807, 2.05) is 6.92 Å². The van der Waals surface area contributed by atoms with Gasteiger partial charge in [0.1, 0.15) is 0 Å². The maximum absolute atomic E-state index is 11.7. The van der Waals surface area contributed by atoms with Crippen molar-refractivity contribution < 1.29 is 19.0 Å². The SMILES string of the molecule is CCOC(=O)C1CC(I)C(OC2CCOCC2)C1. The third-order valence-corrected chi connectivity index (χ3v) is 4.90. The number of carbonyl (C=O) groups is 1. The predicted octanol–water partition coefficient (Wildman–Crippen LogP) is 2.33. The molecule has 18 heavy (non-hydrogen) atoms. The third kappa shape index (κ3) is 3.81. The van der Waals surface area contributed by atoms with Gasteiger partial charge in [-0.1, -0.05) is 22.6 Å². The average Bonchev–Trinajstić information content (AvgIpc) is 2.73. The molecule has 0 N–H and O–H groups in total. The van der Waals surface area contributed by atoms with Crippen molar-refractivity contribution in [3.63, 3.8) is 0 Å². The fourth-order valence-electron chi connectivity index (χ4n) is 2.60. The summed E-state index contributed by atoms with van der Waals surface area (Å²) >= 11 is 2.40. The molecule has 2 aliphatic rings. The van der Waals surface area contributed by atoms with Crippen LogP contribution in [0.4, 0.5) is 0 Å². The van der Waals surface area contributed by atoms with Crippen molar-refractivity contribution >= 4 is 28.6 Å². The van der Waals surface area contributed by atoms with Crippen LogP contribution in [-0.4, -0.2) is 41.9 Å². The Hall–Kier alpha value is 0.120. The largest absolute Gasteiger partial charge is 0.466 e. The highest BCUT2D eigenvalue weighted by atomic mass is 127. The number of alkyl halides is 1. The molecule has 1 aliphatic carbocycles. The van der Waals surface area contributed by atoms with Crippen LogP contribution >= 0.6 is 22.6 Å². The molecule has 2 fully saturated rings. The Morgan fingerprint density at radius 2 is 2.06 bits per heavy atom. The molecule has 3 unspecified atom stereocenters.